The van der Waals surface area contributed by atoms with Crippen LogP contribution in [0.2, 0.25) is 5.02 Å². The van der Waals surface area contributed by atoms with E-state index in [1.807, 2.05) is 0 Å². The summed E-state index contributed by atoms with van der Waals surface area (Å²) in [5, 5.41) is 12.6. The van der Waals surface area contributed by atoms with Crippen molar-refractivity contribution in [1.82, 2.24) is 10.2 Å². The molecule has 1 aliphatic heterocycles. The van der Waals surface area contributed by atoms with Crippen LogP contribution in [0, 0.1) is 11.3 Å². The number of carboxylic acid groups (broad SMARTS) is 1. The first kappa shape index (κ1) is 16.8. The lowest BCUT2D eigenvalue weighted by atomic mass is 9.81. The van der Waals surface area contributed by atoms with Crippen molar-refractivity contribution in [3.05, 3.63) is 34.9 Å². The van der Waals surface area contributed by atoms with Gasteiger partial charge in [-0.3, -0.25) is 14.4 Å². The molecule has 24 heavy (non-hydrogen) atoms. The summed E-state index contributed by atoms with van der Waals surface area (Å²) < 4.78 is 0. The second kappa shape index (κ2) is 6.43. The number of benzene rings is 1. The zero-order chi connectivity index (χ0) is 17.3. The summed E-state index contributed by atoms with van der Waals surface area (Å²) in [4.78, 5) is 37.6. The monoisotopic (exact) mass is 350 g/mol. The third-order valence-corrected chi connectivity index (χ3v) is 5.37. The number of hydrogen-bond donors (Lipinski definition) is 2. The van der Waals surface area contributed by atoms with E-state index in [-0.39, 0.29) is 30.8 Å². The predicted octanol–water partition coefficient (Wildman–Crippen LogP) is 1.78. The van der Waals surface area contributed by atoms with Crippen LogP contribution in [0.5, 0.6) is 0 Å². The number of hydrogen-bond acceptors (Lipinski definition) is 3. The molecule has 128 valence electrons. The van der Waals surface area contributed by atoms with E-state index in [0.29, 0.717) is 23.6 Å². The lowest BCUT2D eigenvalue weighted by molar-refractivity contribution is -0.149. The molecule has 0 radical (unpaired) electrons. The van der Waals surface area contributed by atoms with Crippen LogP contribution in [0.3, 0.4) is 0 Å². The Kier molecular flexibility index (Phi) is 4.49. The molecule has 2 atom stereocenters. The van der Waals surface area contributed by atoms with Crippen molar-refractivity contribution >= 4 is 29.4 Å². The molecular weight excluding hydrogens is 332 g/mol. The molecule has 2 N–H and O–H groups in total. The van der Waals surface area contributed by atoms with Crippen molar-refractivity contribution in [1.29, 1.82) is 0 Å². The fraction of sp³-hybridized carbons (Fsp3) is 0.471. The number of carboxylic acids is 1. The third kappa shape index (κ3) is 2.98. The van der Waals surface area contributed by atoms with E-state index in [2.05, 4.69) is 5.32 Å². The van der Waals surface area contributed by atoms with Gasteiger partial charge in [0.15, 0.2) is 0 Å². The highest BCUT2D eigenvalue weighted by molar-refractivity contribution is 6.30. The molecule has 2 aliphatic rings. The Labute approximate surface area is 144 Å². The molecule has 0 unspecified atom stereocenters. The number of halogens is 1. The fourth-order valence-electron chi connectivity index (χ4n) is 3.83. The van der Waals surface area contributed by atoms with E-state index in [4.69, 9.17) is 11.6 Å². The van der Waals surface area contributed by atoms with Crippen LogP contribution in [0.15, 0.2) is 24.3 Å². The number of aliphatic carboxylic acids is 1. The number of rotatable bonds is 4. The number of likely N-dealkylation sites (tertiary alicyclic amines) is 1. The standard InChI is InChI=1S/C17H19ClN2O4/c18-13-5-1-3-11(7-13)15(22)19-8-14(21)20-9-12-4-2-6-17(12,10-20)16(23)24/h1,3,5,7,12H,2,4,6,8-10H2,(H,19,22)(H,23,24)/t12-,17+/m0/s1. The normalized spacial score (nSPS) is 25.4. The van der Waals surface area contributed by atoms with Gasteiger partial charge < -0.3 is 15.3 Å². The summed E-state index contributed by atoms with van der Waals surface area (Å²) in [7, 11) is 0. The van der Waals surface area contributed by atoms with Crippen molar-refractivity contribution in [3.63, 3.8) is 0 Å². The number of carbonyl (C=O) groups excluding carboxylic acids is 2. The molecule has 7 heteroatoms. The minimum atomic E-state index is -0.816. The minimum absolute atomic E-state index is 0.0163. The molecule has 1 saturated heterocycles. The quantitative estimate of drug-likeness (QED) is 0.866. The van der Waals surface area contributed by atoms with Gasteiger partial charge in [0.1, 0.15) is 0 Å². The van der Waals surface area contributed by atoms with Crippen molar-refractivity contribution < 1.29 is 19.5 Å². The Morgan fingerprint density at radius 3 is 2.83 bits per heavy atom. The molecule has 6 nitrogen and oxygen atoms in total. The largest absolute Gasteiger partial charge is 0.481 e. The summed E-state index contributed by atoms with van der Waals surface area (Å²) in [6.07, 6.45) is 2.35. The van der Waals surface area contributed by atoms with Gasteiger partial charge in [-0.25, -0.2) is 0 Å². The van der Waals surface area contributed by atoms with Crippen molar-refractivity contribution in [2.24, 2.45) is 11.3 Å². The van der Waals surface area contributed by atoms with E-state index >= 15 is 0 Å². The molecule has 2 fully saturated rings. The lowest BCUT2D eigenvalue weighted by Crippen LogP contribution is -2.41. The number of fused-ring (bicyclic) bond motifs is 1. The van der Waals surface area contributed by atoms with E-state index in [1.165, 1.54) is 6.07 Å². The third-order valence-electron chi connectivity index (χ3n) is 5.14. The highest BCUT2D eigenvalue weighted by Gasteiger charge is 2.55. The van der Waals surface area contributed by atoms with Crippen molar-refractivity contribution in [3.8, 4) is 0 Å². The SMILES string of the molecule is O=C(NCC(=O)N1C[C@@H]2CCC[C@@]2(C(=O)O)C1)c1cccc(Cl)c1. The van der Waals surface area contributed by atoms with E-state index in [0.717, 1.165) is 12.8 Å². The molecular formula is C17H19ClN2O4. The van der Waals surface area contributed by atoms with Gasteiger partial charge >= 0.3 is 5.97 Å². The zero-order valence-corrected chi connectivity index (χ0v) is 13.9. The van der Waals surface area contributed by atoms with Gasteiger partial charge in [0.25, 0.3) is 5.91 Å². The summed E-state index contributed by atoms with van der Waals surface area (Å²) in [6.45, 7) is 0.546. The predicted molar refractivity (Wildman–Crippen MR) is 87.8 cm³/mol. The maximum atomic E-state index is 12.3. The first-order valence-electron chi connectivity index (χ1n) is 7.97. The van der Waals surface area contributed by atoms with Crippen LogP contribution in [0.25, 0.3) is 0 Å². The van der Waals surface area contributed by atoms with E-state index in [1.54, 1.807) is 23.1 Å². The number of carbonyl (C=O) groups is 3. The van der Waals surface area contributed by atoms with Crippen LogP contribution in [-0.2, 0) is 9.59 Å². The van der Waals surface area contributed by atoms with Gasteiger partial charge in [0.05, 0.1) is 12.0 Å². The Morgan fingerprint density at radius 2 is 2.17 bits per heavy atom. The highest BCUT2D eigenvalue weighted by Crippen LogP contribution is 2.48. The Hall–Kier alpha value is -2.08. The molecule has 3 rings (SSSR count). The summed E-state index contributed by atoms with van der Waals surface area (Å²) in [5.74, 6) is -1.43. The fourth-order valence-corrected chi connectivity index (χ4v) is 4.02. The van der Waals surface area contributed by atoms with Gasteiger partial charge in [0, 0.05) is 23.7 Å². The topological polar surface area (TPSA) is 86.7 Å². The second-order valence-electron chi connectivity index (χ2n) is 6.52. The van der Waals surface area contributed by atoms with Crippen LogP contribution in [0.1, 0.15) is 29.6 Å². The second-order valence-corrected chi connectivity index (χ2v) is 6.95. The van der Waals surface area contributed by atoms with Gasteiger partial charge in [-0.05, 0) is 37.0 Å². The summed E-state index contributed by atoms with van der Waals surface area (Å²) in [5.41, 5.74) is -0.414. The average molecular weight is 351 g/mol. The van der Waals surface area contributed by atoms with Gasteiger partial charge in [-0.15, -0.1) is 0 Å². The molecule has 0 bridgehead atoms. The molecule has 1 heterocycles. The first-order chi connectivity index (χ1) is 11.4. The van der Waals surface area contributed by atoms with Crippen LogP contribution in [-0.4, -0.2) is 47.4 Å². The maximum Gasteiger partial charge on any atom is 0.311 e. The van der Waals surface area contributed by atoms with Gasteiger partial charge in [0.2, 0.25) is 5.91 Å². The number of nitrogens with zero attached hydrogens (tertiary/aromatic N) is 1. The van der Waals surface area contributed by atoms with Gasteiger partial charge in [-0.2, -0.15) is 0 Å². The van der Waals surface area contributed by atoms with Crippen LogP contribution >= 0.6 is 11.6 Å². The molecule has 0 spiro atoms. The zero-order valence-electron chi connectivity index (χ0n) is 13.1. The Balaban J connectivity index is 1.58. The number of amides is 2. The molecule has 1 aromatic carbocycles. The smallest absolute Gasteiger partial charge is 0.311 e. The number of nitrogens with one attached hydrogen (secondary N) is 1. The molecule has 1 saturated carbocycles. The summed E-state index contributed by atoms with van der Waals surface area (Å²) in [6, 6.07) is 6.47. The van der Waals surface area contributed by atoms with Crippen molar-refractivity contribution in [2.45, 2.75) is 19.3 Å². The Bertz CT molecular complexity index is 693. The molecule has 0 aromatic heterocycles. The molecule has 1 aliphatic carbocycles. The minimum Gasteiger partial charge on any atom is -0.481 e. The Morgan fingerprint density at radius 1 is 1.38 bits per heavy atom. The highest BCUT2D eigenvalue weighted by atomic mass is 35.5. The molecule has 1 aromatic rings. The van der Waals surface area contributed by atoms with Crippen LogP contribution in [0.4, 0.5) is 0 Å². The maximum absolute atomic E-state index is 12.3. The average Bonchev–Trinajstić information content (AvgIpc) is 3.10. The van der Waals surface area contributed by atoms with Gasteiger partial charge in [-0.1, -0.05) is 24.1 Å². The molecule has 2 amide bonds. The van der Waals surface area contributed by atoms with Crippen LogP contribution < -0.4 is 5.32 Å². The lowest BCUT2D eigenvalue weighted by Gasteiger charge is -2.23. The van der Waals surface area contributed by atoms with E-state index < -0.39 is 11.4 Å². The van der Waals surface area contributed by atoms with E-state index in [9.17, 15) is 19.5 Å². The first-order valence-corrected chi connectivity index (χ1v) is 8.35. The van der Waals surface area contributed by atoms with Crippen molar-refractivity contribution in [2.75, 3.05) is 19.6 Å². The summed E-state index contributed by atoms with van der Waals surface area (Å²) >= 11 is 5.84.